The lowest BCUT2D eigenvalue weighted by atomic mass is 9.84. The molecule has 1 amide bonds. The zero-order valence-corrected chi connectivity index (χ0v) is 17.9. The van der Waals surface area contributed by atoms with Crippen molar-refractivity contribution in [3.05, 3.63) is 39.9 Å². The van der Waals surface area contributed by atoms with Gasteiger partial charge in [-0.1, -0.05) is 19.3 Å². The van der Waals surface area contributed by atoms with Crippen LogP contribution in [-0.2, 0) is 6.42 Å². The van der Waals surface area contributed by atoms with E-state index in [-0.39, 0.29) is 17.6 Å². The van der Waals surface area contributed by atoms with Gasteiger partial charge < -0.3 is 20.3 Å². The van der Waals surface area contributed by atoms with Gasteiger partial charge in [-0.05, 0) is 63.9 Å². The number of carbonyl (C=O) groups excluding carboxylic acids is 1. The molecule has 2 heterocycles. The molecule has 8 nitrogen and oxygen atoms in total. The van der Waals surface area contributed by atoms with E-state index >= 15 is 0 Å². The highest BCUT2D eigenvalue weighted by Crippen LogP contribution is 2.26. The Hall–Kier alpha value is -2.74. The van der Waals surface area contributed by atoms with E-state index in [1.54, 1.807) is 6.20 Å². The average Bonchev–Trinajstić information content (AvgIpc) is 2.74. The highest BCUT2D eigenvalue weighted by atomic mass is 16.3. The predicted octanol–water partition coefficient (Wildman–Crippen LogP) is 2.34. The van der Waals surface area contributed by atoms with E-state index in [0.29, 0.717) is 11.6 Å². The molecule has 0 radical (unpaired) electrons. The zero-order valence-electron chi connectivity index (χ0n) is 17.9. The highest BCUT2D eigenvalue weighted by molar-refractivity contribution is 5.95. The van der Waals surface area contributed by atoms with Gasteiger partial charge in [-0.3, -0.25) is 14.6 Å². The van der Waals surface area contributed by atoms with E-state index in [1.807, 2.05) is 33.2 Å². The maximum Gasteiger partial charge on any atom is 0.294 e. The van der Waals surface area contributed by atoms with Crippen molar-refractivity contribution in [3.8, 4) is 17.3 Å². The van der Waals surface area contributed by atoms with Crippen molar-refractivity contribution in [3.63, 3.8) is 0 Å². The Bertz CT molecular complexity index is 935. The van der Waals surface area contributed by atoms with Crippen molar-refractivity contribution in [1.29, 1.82) is 0 Å². The first-order valence-electron chi connectivity index (χ1n) is 10.6. The number of likely N-dealkylation sites (N-methyl/N-ethyl adjacent to an activating group) is 1. The summed E-state index contributed by atoms with van der Waals surface area (Å²) in [6.45, 7) is 2.84. The molecule has 0 aliphatic heterocycles. The molecule has 1 atom stereocenters. The molecule has 0 spiro atoms. The van der Waals surface area contributed by atoms with Gasteiger partial charge in [0.25, 0.3) is 11.5 Å². The van der Waals surface area contributed by atoms with E-state index in [2.05, 4.69) is 25.2 Å². The van der Waals surface area contributed by atoms with Crippen molar-refractivity contribution in [1.82, 2.24) is 25.2 Å². The molecule has 3 N–H and O–H groups in total. The maximum atomic E-state index is 12.8. The summed E-state index contributed by atoms with van der Waals surface area (Å²) in [5, 5.41) is 13.1. The summed E-state index contributed by atoms with van der Waals surface area (Å²) in [5.41, 5.74) is 0.479. The minimum absolute atomic E-state index is 0.0470. The summed E-state index contributed by atoms with van der Waals surface area (Å²) in [7, 11) is 4.00. The lowest BCUT2D eigenvalue weighted by Crippen LogP contribution is -2.39. The van der Waals surface area contributed by atoms with Gasteiger partial charge in [0, 0.05) is 18.8 Å². The molecule has 30 heavy (non-hydrogen) atoms. The molecule has 162 valence electrons. The average molecular weight is 414 g/mol. The number of H-pyrrole nitrogens is 1. The Labute approximate surface area is 176 Å². The summed E-state index contributed by atoms with van der Waals surface area (Å²) < 4.78 is 0. The van der Waals surface area contributed by atoms with Crippen molar-refractivity contribution < 1.29 is 9.90 Å². The molecule has 0 aromatic carbocycles. The third-order valence-corrected chi connectivity index (χ3v) is 5.74. The summed E-state index contributed by atoms with van der Waals surface area (Å²) >= 11 is 0. The minimum Gasteiger partial charge on any atom is -0.501 e. The van der Waals surface area contributed by atoms with Crippen LogP contribution in [0.1, 0.15) is 55.1 Å². The number of aromatic hydroxyl groups is 1. The second-order valence-electron chi connectivity index (χ2n) is 8.37. The fourth-order valence-corrected chi connectivity index (χ4v) is 3.89. The minimum atomic E-state index is -0.754. The summed E-state index contributed by atoms with van der Waals surface area (Å²) in [6.07, 6.45) is 8.18. The van der Waals surface area contributed by atoms with Crippen LogP contribution < -0.4 is 10.9 Å². The second-order valence-corrected chi connectivity index (χ2v) is 8.37. The Morgan fingerprint density at radius 1 is 1.33 bits per heavy atom. The Morgan fingerprint density at radius 3 is 2.77 bits per heavy atom. The van der Waals surface area contributed by atoms with Crippen LogP contribution in [0.25, 0.3) is 11.5 Å². The topological polar surface area (TPSA) is 111 Å². The number of rotatable bonds is 7. The SMILES string of the molecule is C[C@@H](NC(=O)c1nc(-c2cc(CCN(C)C)ccn2)[nH]c(=O)c1O)C1CCCCC1. The molecule has 0 unspecified atom stereocenters. The Morgan fingerprint density at radius 2 is 2.07 bits per heavy atom. The van der Waals surface area contributed by atoms with Crippen molar-refractivity contribution >= 4 is 5.91 Å². The van der Waals surface area contributed by atoms with Crippen LogP contribution in [0.5, 0.6) is 5.75 Å². The number of carbonyl (C=O) groups is 1. The lowest BCUT2D eigenvalue weighted by molar-refractivity contribution is 0.0911. The number of nitrogens with one attached hydrogen (secondary N) is 2. The largest absolute Gasteiger partial charge is 0.501 e. The number of amides is 1. The van der Waals surface area contributed by atoms with Gasteiger partial charge in [0.05, 0.1) is 0 Å². The van der Waals surface area contributed by atoms with Crippen LogP contribution in [0.4, 0.5) is 0 Å². The molecule has 1 aliphatic carbocycles. The Kier molecular flexibility index (Phi) is 7.20. The van der Waals surface area contributed by atoms with Crippen molar-refractivity contribution in [2.45, 2.75) is 51.5 Å². The number of aromatic nitrogens is 3. The van der Waals surface area contributed by atoms with Crippen LogP contribution in [0.15, 0.2) is 23.1 Å². The molecule has 1 aliphatic rings. The van der Waals surface area contributed by atoms with Gasteiger partial charge in [0.15, 0.2) is 11.5 Å². The van der Waals surface area contributed by atoms with E-state index < -0.39 is 17.2 Å². The Balaban J connectivity index is 1.82. The molecule has 2 aromatic rings. The third-order valence-electron chi connectivity index (χ3n) is 5.74. The number of pyridine rings is 1. The van der Waals surface area contributed by atoms with Crippen LogP contribution >= 0.6 is 0 Å². The van der Waals surface area contributed by atoms with Crippen LogP contribution in [0.2, 0.25) is 0 Å². The lowest BCUT2D eigenvalue weighted by Gasteiger charge is -2.28. The smallest absolute Gasteiger partial charge is 0.294 e. The molecule has 0 saturated heterocycles. The molecule has 1 fully saturated rings. The molecule has 2 aromatic heterocycles. The van der Waals surface area contributed by atoms with E-state index in [4.69, 9.17) is 0 Å². The maximum absolute atomic E-state index is 12.8. The zero-order chi connectivity index (χ0) is 21.7. The van der Waals surface area contributed by atoms with E-state index in [9.17, 15) is 14.7 Å². The molecule has 1 saturated carbocycles. The fraction of sp³-hybridized carbons (Fsp3) is 0.545. The molecule has 3 rings (SSSR count). The van der Waals surface area contributed by atoms with Crippen molar-refractivity contribution in [2.24, 2.45) is 5.92 Å². The first-order chi connectivity index (χ1) is 14.3. The number of aromatic amines is 1. The molecule has 0 bridgehead atoms. The van der Waals surface area contributed by atoms with Crippen molar-refractivity contribution in [2.75, 3.05) is 20.6 Å². The van der Waals surface area contributed by atoms with E-state index in [0.717, 1.165) is 31.4 Å². The van der Waals surface area contributed by atoms with Gasteiger partial charge >= 0.3 is 0 Å². The number of hydrogen-bond donors (Lipinski definition) is 3. The first-order valence-corrected chi connectivity index (χ1v) is 10.6. The normalized spacial score (nSPS) is 15.9. The van der Waals surface area contributed by atoms with Gasteiger partial charge in [-0.2, -0.15) is 0 Å². The summed E-state index contributed by atoms with van der Waals surface area (Å²) in [6, 6.07) is 3.70. The van der Waals surface area contributed by atoms with Crippen LogP contribution in [0, 0.1) is 5.92 Å². The van der Waals surface area contributed by atoms with E-state index in [1.165, 1.54) is 19.3 Å². The van der Waals surface area contributed by atoms with Gasteiger partial charge in [0.2, 0.25) is 5.75 Å². The van der Waals surface area contributed by atoms with Crippen LogP contribution in [-0.4, -0.2) is 57.5 Å². The highest BCUT2D eigenvalue weighted by Gasteiger charge is 2.25. The first kappa shape index (κ1) is 22.0. The quantitative estimate of drug-likeness (QED) is 0.642. The van der Waals surface area contributed by atoms with Gasteiger partial charge in [-0.25, -0.2) is 4.98 Å². The van der Waals surface area contributed by atoms with Crippen LogP contribution in [0.3, 0.4) is 0 Å². The summed E-state index contributed by atoms with van der Waals surface area (Å²) in [4.78, 5) is 38.2. The molecular weight excluding hydrogens is 382 g/mol. The van der Waals surface area contributed by atoms with Gasteiger partial charge in [0.1, 0.15) is 5.69 Å². The van der Waals surface area contributed by atoms with Gasteiger partial charge in [-0.15, -0.1) is 0 Å². The molecular formula is C22H31N5O3. The predicted molar refractivity (Wildman–Crippen MR) is 116 cm³/mol. The monoisotopic (exact) mass is 413 g/mol. The number of nitrogens with zero attached hydrogens (tertiary/aromatic N) is 3. The summed E-state index contributed by atoms with van der Waals surface area (Å²) in [5.74, 6) is -0.640. The third kappa shape index (κ3) is 5.44. The second kappa shape index (κ2) is 9.84. The standard InChI is InChI=1S/C22H31N5O3/c1-14(16-7-5-4-6-8-16)24-21(29)18-19(28)22(30)26-20(25-18)17-13-15(9-11-23-17)10-12-27(2)3/h9,11,13-14,16,28H,4-8,10,12H2,1-3H3,(H,24,29)(H,25,26,30)/t14-/m1/s1. The molecule has 8 heteroatoms. The number of hydrogen-bond acceptors (Lipinski definition) is 6. The fourth-order valence-electron chi connectivity index (χ4n) is 3.89.